The number of carbonyl (C=O) groups is 1. The number of thiophene rings is 1. The number of hydrogen-bond acceptors (Lipinski definition) is 5. The first-order chi connectivity index (χ1) is 8.20. The molecule has 2 rings (SSSR count). The highest BCUT2D eigenvalue weighted by molar-refractivity contribution is 7.20. The van der Waals surface area contributed by atoms with Crippen molar-refractivity contribution < 1.29 is 9.53 Å². The van der Waals surface area contributed by atoms with Gasteiger partial charge in [0, 0.05) is 11.8 Å². The Kier molecular flexibility index (Phi) is 3.91. The monoisotopic (exact) mass is 267 g/mol. The lowest BCUT2D eigenvalue weighted by Crippen LogP contribution is -2.01. The molecule has 17 heavy (non-hydrogen) atoms. The Bertz CT molecular complexity index is 516. The van der Waals surface area contributed by atoms with Crippen molar-refractivity contribution in [2.24, 2.45) is 0 Å². The molecular formula is C12H13NO2S2. The topological polar surface area (TPSA) is 39.2 Å². The fraction of sp³-hybridized carbons (Fsp3) is 0.333. The largest absolute Gasteiger partial charge is 0.469 e. The number of rotatable bonds is 4. The Hall–Kier alpha value is -1.20. The Morgan fingerprint density at radius 3 is 2.94 bits per heavy atom. The average Bonchev–Trinajstić information content (AvgIpc) is 2.94. The number of aryl methyl sites for hydroxylation is 2. The van der Waals surface area contributed by atoms with Gasteiger partial charge in [-0.2, -0.15) is 0 Å². The van der Waals surface area contributed by atoms with Gasteiger partial charge in [0.25, 0.3) is 0 Å². The Labute approximate surface area is 108 Å². The van der Waals surface area contributed by atoms with E-state index in [-0.39, 0.29) is 5.97 Å². The van der Waals surface area contributed by atoms with Crippen molar-refractivity contribution in [1.82, 2.24) is 4.98 Å². The standard InChI is InChI=1S/C12H13NO2S2/c1-8-5-6-16-11(8)12-13-9(7-17-12)3-4-10(14)15-2/h5-7H,3-4H2,1-2H3. The Balaban J connectivity index is 2.06. The number of carbonyl (C=O) groups excluding carboxylic acids is 1. The molecule has 0 unspecified atom stereocenters. The minimum atomic E-state index is -0.188. The van der Waals surface area contributed by atoms with E-state index >= 15 is 0 Å². The summed E-state index contributed by atoms with van der Waals surface area (Å²) in [5.74, 6) is -0.188. The van der Waals surface area contributed by atoms with Crippen LogP contribution in [0.25, 0.3) is 9.88 Å². The molecule has 0 saturated heterocycles. The number of esters is 1. The van der Waals surface area contributed by atoms with Crippen LogP contribution in [0.1, 0.15) is 17.7 Å². The van der Waals surface area contributed by atoms with Gasteiger partial charge in [-0.25, -0.2) is 4.98 Å². The highest BCUT2D eigenvalue weighted by Gasteiger charge is 2.09. The average molecular weight is 267 g/mol. The summed E-state index contributed by atoms with van der Waals surface area (Å²) in [7, 11) is 1.41. The molecule has 0 aliphatic carbocycles. The smallest absolute Gasteiger partial charge is 0.305 e. The first-order valence-corrected chi connectivity index (χ1v) is 7.02. The van der Waals surface area contributed by atoms with Crippen LogP contribution in [0, 0.1) is 6.92 Å². The zero-order valence-electron chi connectivity index (χ0n) is 9.73. The van der Waals surface area contributed by atoms with Crippen LogP contribution in [0.2, 0.25) is 0 Å². The highest BCUT2D eigenvalue weighted by atomic mass is 32.1. The number of methoxy groups -OCH3 is 1. The number of thiazole rings is 1. The molecule has 0 radical (unpaired) electrons. The fourth-order valence-electron chi connectivity index (χ4n) is 1.45. The van der Waals surface area contributed by atoms with Crippen LogP contribution in [0.5, 0.6) is 0 Å². The molecule has 0 fully saturated rings. The quantitative estimate of drug-likeness (QED) is 0.798. The molecule has 0 spiro atoms. The second kappa shape index (κ2) is 5.42. The van der Waals surface area contributed by atoms with Crippen LogP contribution in [0.4, 0.5) is 0 Å². The lowest BCUT2D eigenvalue weighted by atomic mass is 10.2. The van der Waals surface area contributed by atoms with Gasteiger partial charge in [-0.1, -0.05) is 0 Å². The summed E-state index contributed by atoms with van der Waals surface area (Å²) in [5, 5.41) is 5.12. The predicted octanol–water partition coefficient (Wildman–Crippen LogP) is 3.29. The molecule has 2 heterocycles. The number of aromatic nitrogens is 1. The minimum absolute atomic E-state index is 0.188. The molecule has 3 nitrogen and oxygen atoms in total. The van der Waals surface area contributed by atoms with Crippen LogP contribution in [0.3, 0.4) is 0 Å². The summed E-state index contributed by atoms with van der Waals surface area (Å²) in [6.07, 6.45) is 1.04. The van der Waals surface area contributed by atoms with Gasteiger partial charge in [0.2, 0.25) is 0 Å². The maximum absolute atomic E-state index is 11.0. The molecule has 0 atom stereocenters. The van der Waals surface area contributed by atoms with Gasteiger partial charge in [0.1, 0.15) is 5.01 Å². The van der Waals surface area contributed by atoms with Crippen molar-refractivity contribution >= 4 is 28.6 Å². The van der Waals surface area contributed by atoms with E-state index in [0.717, 1.165) is 10.7 Å². The normalized spacial score (nSPS) is 10.5. The molecule has 0 saturated carbocycles. The van der Waals surface area contributed by atoms with E-state index in [1.54, 1.807) is 22.7 Å². The van der Waals surface area contributed by atoms with Crippen LogP contribution >= 0.6 is 22.7 Å². The molecule has 0 aliphatic rings. The Morgan fingerprint density at radius 1 is 1.47 bits per heavy atom. The van der Waals surface area contributed by atoms with E-state index in [9.17, 15) is 4.79 Å². The van der Waals surface area contributed by atoms with Gasteiger partial charge in [-0.15, -0.1) is 22.7 Å². The first kappa shape index (κ1) is 12.3. The number of hydrogen-bond donors (Lipinski definition) is 0. The van der Waals surface area contributed by atoms with Crippen LogP contribution in [0.15, 0.2) is 16.8 Å². The molecule has 2 aromatic heterocycles. The lowest BCUT2D eigenvalue weighted by Gasteiger charge is -1.96. The third-order valence-corrected chi connectivity index (χ3v) is 4.48. The zero-order chi connectivity index (χ0) is 12.3. The Morgan fingerprint density at radius 2 is 2.29 bits per heavy atom. The summed E-state index contributed by atoms with van der Waals surface area (Å²) in [5.41, 5.74) is 2.21. The van der Waals surface area contributed by atoms with Crippen LogP contribution < -0.4 is 0 Å². The second-order valence-corrected chi connectivity index (χ2v) is 5.43. The molecule has 0 aliphatic heterocycles. The lowest BCUT2D eigenvalue weighted by molar-refractivity contribution is -0.140. The number of ether oxygens (including phenoxy) is 1. The van der Waals surface area contributed by atoms with Gasteiger partial charge in [-0.3, -0.25) is 4.79 Å². The van der Waals surface area contributed by atoms with Crippen molar-refractivity contribution in [3.8, 4) is 9.88 Å². The molecule has 90 valence electrons. The molecular weight excluding hydrogens is 254 g/mol. The fourth-order valence-corrected chi connectivity index (χ4v) is 3.40. The van der Waals surface area contributed by atoms with Crippen molar-refractivity contribution in [1.29, 1.82) is 0 Å². The van der Waals surface area contributed by atoms with Crippen molar-refractivity contribution in [3.05, 3.63) is 28.1 Å². The molecule has 0 amide bonds. The zero-order valence-corrected chi connectivity index (χ0v) is 11.4. The third kappa shape index (κ3) is 2.92. The predicted molar refractivity (Wildman–Crippen MR) is 70.5 cm³/mol. The summed E-state index contributed by atoms with van der Waals surface area (Å²) in [6.45, 7) is 2.08. The molecule has 0 N–H and O–H groups in total. The van der Waals surface area contributed by atoms with Gasteiger partial charge in [-0.05, 0) is 23.9 Å². The summed E-state index contributed by atoms with van der Waals surface area (Å²) >= 11 is 3.33. The van der Waals surface area contributed by atoms with E-state index in [1.807, 2.05) is 5.38 Å². The van der Waals surface area contributed by atoms with Gasteiger partial charge in [0.15, 0.2) is 0 Å². The summed E-state index contributed by atoms with van der Waals surface area (Å²) in [4.78, 5) is 16.8. The van der Waals surface area contributed by atoms with Gasteiger partial charge < -0.3 is 4.74 Å². The molecule has 0 bridgehead atoms. The third-order valence-electron chi connectivity index (χ3n) is 2.42. The van der Waals surface area contributed by atoms with E-state index in [1.165, 1.54) is 17.6 Å². The van der Waals surface area contributed by atoms with Crippen LogP contribution in [-0.2, 0) is 16.0 Å². The van der Waals surface area contributed by atoms with Crippen molar-refractivity contribution in [3.63, 3.8) is 0 Å². The summed E-state index contributed by atoms with van der Waals surface area (Å²) in [6, 6.07) is 2.09. The number of nitrogens with zero attached hydrogens (tertiary/aromatic N) is 1. The van der Waals surface area contributed by atoms with E-state index in [2.05, 4.69) is 28.1 Å². The van der Waals surface area contributed by atoms with E-state index in [0.29, 0.717) is 12.8 Å². The van der Waals surface area contributed by atoms with Crippen LogP contribution in [-0.4, -0.2) is 18.1 Å². The van der Waals surface area contributed by atoms with Gasteiger partial charge in [0.05, 0.1) is 24.1 Å². The van der Waals surface area contributed by atoms with Crippen molar-refractivity contribution in [2.45, 2.75) is 19.8 Å². The SMILES string of the molecule is COC(=O)CCc1csc(-c2sccc2C)n1. The highest BCUT2D eigenvalue weighted by Crippen LogP contribution is 2.31. The first-order valence-electron chi connectivity index (χ1n) is 5.26. The maximum Gasteiger partial charge on any atom is 0.305 e. The van der Waals surface area contributed by atoms with Gasteiger partial charge >= 0.3 is 5.97 Å². The molecule has 2 aromatic rings. The minimum Gasteiger partial charge on any atom is -0.469 e. The van der Waals surface area contributed by atoms with E-state index < -0.39 is 0 Å². The van der Waals surface area contributed by atoms with E-state index in [4.69, 9.17) is 0 Å². The van der Waals surface area contributed by atoms with Crippen molar-refractivity contribution in [2.75, 3.05) is 7.11 Å². The molecule has 5 heteroatoms. The second-order valence-electron chi connectivity index (χ2n) is 3.65. The molecule has 0 aromatic carbocycles. The summed E-state index contributed by atoms with van der Waals surface area (Å²) < 4.78 is 4.61. The maximum atomic E-state index is 11.0.